The lowest BCUT2D eigenvalue weighted by Crippen LogP contribution is -2.45. The second-order valence-corrected chi connectivity index (χ2v) is 5.36. The van der Waals surface area contributed by atoms with Gasteiger partial charge in [0, 0.05) is 25.2 Å². The summed E-state index contributed by atoms with van der Waals surface area (Å²) in [5.41, 5.74) is 1.39. The number of hydrogen-bond acceptors (Lipinski definition) is 3. The van der Waals surface area contributed by atoms with Crippen LogP contribution in [0, 0.1) is 0 Å². The van der Waals surface area contributed by atoms with Crippen LogP contribution < -0.4 is 5.32 Å². The summed E-state index contributed by atoms with van der Waals surface area (Å²) in [4.78, 5) is 2.53. The topological polar surface area (TPSA) is 24.5 Å². The molecule has 19 heavy (non-hydrogen) atoms. The van der Waals surface area contributed by atoms with Gasteiger partial charge in [0.15, 0.2) is 0 Å². The Hall–Kier alpha value is -0.900. The van der Waals surface area contributed by atoms with Crippen LogP contribution in [0.4, 0.5) is 0 Å². The minimum atomic E-state index is 0.508. The third-order valence-corrected chi connectivity index (χ3v) is 3.88. The SMILES string of the molecule is CCN(Cc1ccccc1)C(C)CC1COCCN1. The number of rotatable bonds is 6. The first-order chi connectivity index (χ1) is 9.29. The van der Waals surface area contributed by atoms with Gasteiger partial charge in [0.2, 0.25) is 0 Å². The molecule has 0 aromatic heterocycles. The predicted octanol–water partition coefficient (Wildman–Crippen LogP) is 2.28. The fourth-order valence-electron chi connectivity index (χ4n) is 2.73. The Labute approximate surface area is 116 Å². The van der Waals surface area contributed by atoms with Crippen LogP contribution in [0.15, 0.2) is 30.3 Å². The van der Waals surface area contributed by atoms with E-state index >= 15 is 0 Å². The molecule has 2 atom stereocenters. The smallest absolute Gasteiger partial charge is 0.0620 e. The van der Waals surface area contributed by atoms with Crippen LogP contribution in [0.5, 0.6) is 0 Å². The molecule has 1 fully saturated rings. The molecule has 1 heterocycles. The molecular formula is C16H26N2O. The van der Waals surface area contributed by atoms with Gasteiger partial charge in [-0.2, -0.15) is 0 Å². The van der Waals surface area contributed by atoms with E-state index in [1.54, 1.807) is 0 Å². The van der Waals surface area contributed by atoms with E-state index in [-0.39, 0.29) is 0 Å². The van der Waals surface area contributed by atoms with Gasteiger partial charge in [-0.3, -0.25) is 4.90 Å². The van der Waals surface area contributed by atoms with Crippen molar-refractivity contribution < 1.29 is 4.74 Å². The van der Waals surface area contributed by atoms with Crippen molar-refractivity contribution in [3.05, 3.63) is 35.9 Å². The molecule has 1 aliphatic rings. The molecule has 1 aliphatic heterocycles. The average molecular weight is 262 g/mol. The van der Waals surface area contributed by atoms with Crippen LogP contribution in [0.1, 0.15) is 25.8 Å². The Morgan fingerprint density at radius 3 is 2.79 bits per heavy atom. The fraction of sp³-hybridized carbons (Fsp3) is 0.625. The summed E-state index contributed by atoms with van der Waals surface area (Å²) in [5.74, 6) is 0. The standard InChI is InChI=1S/C16H26N2O/c1-3-18(12-15-7-5-4-6-8-15)14(2)11-16-13-19-10-9-17-16/h4-8,14,16-17H,3,9-13H2,1-2H3. The van der Waals surface area contributed by atoms with E-state index < -0.39 is 0 Å². The maximum Gasteiger partial charge on any atom is 0.0620 e. The molecule has 1 aromatic carbocycles. The molecule has 1 N–H and O–H groups in total. The monoisotopic (exact) mass is 262 g/mol. The normalized spacial score (nSPS) is 21.5. The van der Waals surface area contributed by atoms with E-state index in [1.807, 2.05) is 0 Å². The molecule has 0 amide bonds. The average Bonchev–Trinajstić information content (AvgIpc) is 2.47. The first-order valence-electron chi connectivity index (χ1n) is 7.38. The van der Waals surface area contributed by atoms with E-state index in [0.717, 1.165) is 39.3 Å². The molecule has 1 saturated heterocycles. The van der Waals surface area contributed by atoms with Crippen molar-refractivity contribution in [3.63, 3.8) is 0 Å². The summed E-state index contributed by atoms with van der Waals surface area (Å²) in [6.07, 6.45) is 1.15. The van der Waals surface area contributed by atoms with E-state index in [1.165, 1.54) is 5.56 Å². The summed E-state index contributed by atoms with van der Waals surface area (Å²) in [5, 5.41) is 3.54. The lowest BCUT2D eigenvalue weighted by atomic mass is 10.1. The molecule has 2 rings (SSSR count). The van der Waals surface area contributed by atoms with Crippen molar-refractivity contribution in [2.24, 2.45) is 0 Å². The Bertz CT molecular complexity index is 349. The van der Waals surface area contributed by atoms with Gasteiger partial charge >= 0.3 is 0 Å². The summed E-state index contributed by atoms with van der Waals surface area (Å²) < 4.78 is 5.53. The van der Waals surface area contributed by atoms with Crippen molar-refractivity contribution in [1.82, 2.24) is 10.2 Å². The van der Waals surface area contributed by atoms with Gasteiger partial charge in [0.25, 0.3) is 0 Å². The number of nitrogens with one attached hydrogen (secondary N) is 1. The maximum atomic E-state index is 5.53. The second-order valence-electron chi connectivity index (χ2n) is 5.36. The highest BCUT2D eigenvalue weighted by Gasteiger charge is 2.20. The zero-order chi connectivity index (χ0) is 13.5. The molecule has 0 saturated carbocycles. The largest absolute Gasteiger partial charge is 0.379 e. The van der Waals surface area contributed by atoms with Gasteiger partial charge in [0.05, 0.1) is 13.2 Å². The Morgan fingerprint density at radius 1 is 1.37 bits per heavy atom. The van der Waals surface area contributed by atoms with Gasteiger partial charge in [-0.25, -0.2) is 0 Å². The lowest BCUT2D eigenvalue weighted by molar-refractivity contribution is 0.0615. The number of nitrogens with zero attached hydrogens (tertiary/aromatic N) is 1. The van der Waals surface area contributed by atoms with E-state index in [2.05, 4.69) is 54.4 Å². The molecule has 3 heteroatoms. The van der Waals surface area contributed by atoms with E-state index in [9.17, 15) is 0 Å². The number of morpholine rings is 1. The van der Waals surface area contributed by atoms with Crippen LogP contribution >= 0.6 is 0 Å². The quantitative estimate of drug-likeness (QED) is 0.851. The van der Waals surface area contributed by atoms with Gasteiger partial charge in [0.1, 0.15) is 0 Å². The number of benzene rings is 1. The summed E-state index contributed by atoms with van der Waals surface area (Å²) in [6.45, 7) is 9.38. The van der Waals surface area contributed by atoms with Crippen molar-refractivity contribution in [2.45, 2.75) is 38.9 Å². The van der Waals surface area contributed by atoms with Gasteiger partial charge < -0.3 is 10.1 Å². The highest BCUT2D eigenvalue weighted by atomic mass is 16.5. The van der Waals surface area contributed by atoms with Crippen LogP contribution in [0.2, 0.25) is 0 Å². The van der Waals surface area contributed by atoms with E-state index in [0.29, 0.717) is 12.1 Å². The molecular weight excluding hydrogens is 236 g/mol. The summed E-state index contributed by atoms with van der Waals surface area (Å²) in [6, 6.07) is 11.8. The minimum absolute atomic E-state index is 0.508. The summed E-state index contributed by atoms with van der Waals surface area (Å²) >= 11 is 0. The van der Waals surface area contributed by atoms with Crippen LogP contribution in [0.3, 0.4) is 0 Å². The number of hydrogen-bond donors (Lipinski definition) is 1. The first-order valence-corrected chi connectivity index (χ1v) is 7.38. The molecule has 3 nitrogen and oxygen atoms in total. The van der Waals surface area contributed by atoms with Gasteiger partial charge in [-0.05, 0) is 25.5 Å². The van der Waals surface area contributed by atoms with Crippen molar-refractivity contribution in [1.29, 1.82) is 0 Å². The minimum Gasteiger partial charge on any atom is -0.379 e. The third-order valence-electron chi connectivity index (χ3n) is 3.88. The predicted molar refractivity (Wildman–Crippen MR) is 79.2 cm³/mol. The van der Waals surface area contributed by atoms with Gasteiger partial charge in [-0.15, -0.1) is 0 Å². The molecule has 0 spiro atoms. The third kappa shape index (κ3) is 4.60. The Kier molecular flexibility index (Phi) is 5.83. The van der Waals surface area contributed by atoms with Crippen molar-refractivity contribution in [3.8, 4) is 0 Å². The van der Waals surface area contributed by atoms with Crippen molar-refractivity contribution >= 4 is 0 Å². The molecule has 0 aliphatic carbocycles. The highest BCUT2D eigenvalue weighted by molar-refractivity contribution is 5.14. The highest BCUT2D eigenvalue weighted by Crippen LogP contribution is 2.13. The van der Waals surface area contributed by atoms with E-state index in [4.69, 9.17) is 4.74 Å². The van der Waals surface area contributed by atoms with Crippen molar-refractivity contribution in [2.75, 3.05) is 26.3 Å². The van der Waals surface area contributed by atoms with Crippen LogP contribution in [-0.2, 0) is 11.3 Å². The first kappa shape index (κ1) is 14.5. The second kappa shape index (κ2) is 7.63. The molecule has 1 aromatic rings. The Balaban J connectivity index is 1.85. The van der Waals surface area contributed by atoms with Crippen LogP contribution in [-0.4, -0.2) is 43.3 Å². The zero-order valence-electron chi connectivity index (χ0n) is 12.1. The Morgan fingerprint density at radius 2 is 2.16 bits per heavy atom. The number of ether oxygens (including phenoxy) is 1. The lowest BCUT2D eigenvalue weighted by Gasteiger charge is -2.32. The van der Waals surface area contributed by atoms with Gasteiger partial charge in [-0.1, -0.05) is 37.3 Å². The van der Waals surface area contributed by atoms with Crippen LogP contribution in [0.25, 0.3) is 0 Å². The molecule has 0 radical (unpaired) electrons. The molecule has 2 unspecified atom stereocenters. The maximum absolute atomic E-state index is 5.53. The molecule has 0 bridgehead atoms. The molecule has 106 valence electrons. The zero-order valence-corrected chi connectivity index (χ0v) is 12.1. The summed E-state index contributed by atoms with van der Waals surface area (Å²) in [7, 11) is 0. The fourth-order valence-corrected chi connectivity index (χ4v) is 2.73.